The van der Waals surface area contributed by atoms with Crippen LogP contribution in [0.2, 0.25) is 0 Å². The van der Waals surface area contributed by atoms with Gasteiger partial charge in [0.25, 0.3) is 0 Å². The normalized spacial score (nSPS) is 23.0. The van der Waals surface area contributed by atoms with Gasteiger partial charge in [-0.25, -0.2) is 4.79 Å². The highest BCUT2D eigenvalue weighted by Gasteiger charge is 2.45. The van der Waals surface area contributed by atoms with Gasteiger partial charge in [0.05, 0.1) is 25.6 Å². The highest BCUT2D eigenvalue weighted by atomic mass is 16.6. The van der Waals surface area contributed by atoms with Crippen LogP contribution in [0.25, 0.3) is 0 Å². The smallest absolute Gasteiger partial charge is 0.410 e. The Morgan fingerprint density at radius 2 is 2.08 bits per heavy atom. The number of rotatable bonds is 1. The summed E-state index contributed by atoms with van der Waals surface area (Å²) in [6.45, 7) is 6.48. The molecule has 1 aromatic carbocycles. The van der Waals surface area contributed by atoms with Gasteiger partial charge < -0.3 is 19.1 Å². The summed E-state index contributed by atoms with van der Waals surface area (Å²) >= 11 is 0. The third kappa shape index (κ3) is 3.72. The zero-order valence-corrected chi connectivity index (χ0v) is 15.3. The molecular formula is C19H25NO5. The van der Waals surface area contributed by atoms with E-state index in [1.807, 2.05) is 20.8 Å². The molecule has 1 spiro atoms. The van der Waals surface area contributed by atoms with Crippen molar-refractivity contribution in [2.24, 2.45) is 0 Å². The number of ketones is 1. The highest BCUT2D eigenvalue weighted by Crippen LogP contribution is 2.40. The molecule has 1 amide bonds. The van der Waals surface area contributed by atoms with Crippen LogP contribution < -0.4 is 9.47 Å². The second kappa shape index (κ2) is 6.24. The average Bonchev–Trinajstić information content (AvgIpc) is 2.52. The minimum absolute atomic E-state index is 0.0370. The van der Waals surface area contributed by atoms with Crippen LogP contribution in [0, 0.1) is 0 Å². The topological polar surface area (TPSA) is 65.1 Å². The summed E-state index contributed by atoms with van der Waals surface area (Å²) in [6.07, 6.45) is 1.41. The molecule has 0 aliphatic carbocycles. The zero-order valence-electron chi connectivity index (χ0n) is 15.3. The van der Waals surface area contributed by atoms with Crippen LogP contribution in [0.3, 0.4) is 0 Å². The molecule has 2 heterocycles. The standard InChI is InChI=1S/C19H25NO5/c1-18(2,3)25-17(22)20-9-5-8-19(12-20)11-15(21)14-7-6-13(23-4)10-16(14)24-19/h6-7,10H,5,8-9,11-12H2,1-4H3/t19-/m1/s1. The van der Waals surface area contributed by atoms with E-state index >= 15 is 0 Å². The maximum absolute atomic E-state index is 12.6. The Morgan fingerprint density at radius 1 is 1.32 bits per heavy atom. The van der Waals surface area contributed by atoms with Gasteiger partial charge in [-0.2, -0.15) is 0 Å². The van der Waals surface area contributed by atoms with Crippen LogP contribution in [-0.2, 0) is 4.74 Å². The number of Topliss-reactive ketones (excluding diaryl/α,β-unsaturated/α-hetero) is 1. The van der Waals surface area contributed by atoms with Crippen molar-refractivity contribution in [2.45, 2.75) is 51.2 Å². The van der Waals surface area contributed by atoms with Gasteiger partial charge in [0, 0.05) is 12.6 Å². The minimum atomic E-state index is -0.689. The summed E-state index contributed by atoms with van der Waals surface area (Å²) < 4.78 is 16.9. The molecule has 3 rings (SSSR count). The summed E-state index contributed by atoms with van der Waals surface area (Å²) in [7, 11) is 1.58. The zero-order chi connectivity index (χ0) is 18.2. The first kappa shape index (κ1) is 17.6. The van der Waals surface area contributed by atoms with E-state index in [4.69, 9.17) is 14.2 Å². The summed E-state index contributed by atoms with van der Waals surface area (Å²) in [5.41, 5.74) is -0.669. The number of hydrogen-bond acceptors (Lipinski definition) is 5. The molecule has 2 aliphatic heterocycles. The summed E-state index contributed by atoms with van der Waals surface area (Å²) in [5, 5.41) is 0. The van der Waals surface area contributed by atoms with Crippen LogP contribution in [0.4, 0.5) is 4.79 Å². The molecule has 0 unspecified atom stereocenters. The Labute approximate surface area is 148 Å². The van der Waals surface area contributed by atoms with Crippen molar-refractivity contribution in [3.8, 4) is 11.5 Å². The highest BCUT2D eigenvalue weighted by molar-refractivity contribution is 6.00. The number of benzene rings is 1. The number of ether oxygens (including phenoxy) is 3. The third-order valence-electron chi connectivity index (χ3n) is 4.49. The lowest BCUT2D eigenvalue weighted by Crippen LogP contribution is -2.56. The Balaban J connectivity index is 1.82. The Kier molecular flexibility index (Phi) is 4.39. The molecule has 0 radical (unpaired) electrons. The number of amides is 1. The van der Waals surface area contributed by atoms with Crippen LogP contribution in [0.15, 0.2) is 18.2 Å². The van der Waals surface area contributed by atoms with E-state index in [0.717, 1.165) is 12.8 Å². The number of piperidine rings is 1. The third-order valence-corrected chi connectivity index (χ3v) is 4.49. The number of methoxy groups -OCH3 is 1. The van der Waals surface area contributed by atoms with Gasteiger partial charge in [0.15, 0.2) is 5.78 Å². The number of carbonyl (C=O) groups is 2. The van der Waals surface area contributed by atoms with Gasteiger partial charge in [-0.05, 0) is 45.7 Å². The van der Waals surface area contributed by atoms with Crippen molar-refractivity contribution in [3.05, 3.63) is 23.8 Å². The SMILES string of the molecule is COc1ccc2c(c1)O[C@]1(CCCN(C(=O)OC(C)(C)C)C1)CC2=O. The quantitative estimate of drug-likeness (QED) is 0.779. The maximum atomic E-state index is 12.6. The second-order valence-electron chi connectivity index (χ2n) is 7.75. The Morgan fingerprint density at radius 3 is 2.76 bits per heavy atom. The molecule has 1 atom stereocenters. The van der Waals surface area contributed by atoms with Gasteiger partial charge >= 0.3 is 6.09 Å². The van der Waals surface area contributed by atoms with Crippen LogP contribution in [0.1, 0.15) is 50.4 Å². The Bertz CT molecular complexity index is 694. The van der Waals surface area contributed by atoms with Crippen LogP contribution >= 0.6 is 0 Å². The van der Waals surface area contributed by atoms with E-state index in [-0.39, 0.29) is 18.3 Å². The number of nitrogens with zero attached hydrogens (tertiary/aromatic N) is 1. The van der Waals surface area contributed by atoms with Crippen molar-refractivity contribution in [1.82, 2.24) is 4.90 Å². The van der Waals surface area contributed by atoms with Crippen LogP contribution in [0.5, 0.6) is 11.5 Å². The molecule has 25 heavy (non-hydrogen) atoms. The van der Waals surface area contributed by atoms with Gasteiger partial charge in [0.2, 0.25) is 0 Å². The molecule has 6 heteroatoms. The fraction of sp³-hybridized carbons (Fsp3) is 0.579. The minimum Gasteiger partial charge on any atom is -0.497 e. The monoisotopic (exact) mass is 347 g/mol. The molecule has 1 saturated heterocycles. The number of hydrogen-bond donors (Lipinski definition) is 0. The molecule has 6 nitrogen and oxygen atoms in total. The molecular weight excluding hydrogens is 322 g/mol. The second-order valence-corrected chi connectivity index (χ2v) is 7.75. The van der Waals surface area contributed by atoms with Crippen molar-refractivity contribution < 1.29 is 23.8 Å². The van der Waals surface area contributed by atoms with E-state index in [1.165, 1.54) is 0 Å². The first-order valence-electron chi connectivity index (χ1n) is 8.60. The van der Waals surface area contributed by atoms with Gasteiger partial charge in [-0.15, -0.1) is 0 Å². The van der Waals surface area contributed by atoms with Crippen molar-refractivity contribution in [3.63, 3.8) is 0 Å². The first-order valence-corrected chi connectivity index (χ1v) is 8.60. The van der Waals surface area contributed by atoms with E-state index in [0.29, 0.717) is 30.2 Å². The number of fused-ring (bicyclic) bond motifs is 1. The van der Waals surface area contributed by atoms with Crippen molar-refractivity contribution in [1.29, 1.82) is 0 Å². The first-order chi connectivity index (χ1) is 11.7. The molecule has 2 aliphatic rings. The Hall–Kier alpha value is -2.24. The fourth-order valence-corrected chi connectivity index (χ4v) is 3.41. The lowest BCUT2D eigenvalue weighted by Gasteiger charge is -2.44. The van der Waals surface area contributed by atoms with Gasteiger partial charge in [-0.3, -0.25) is 4.79 Å². The van der Waals surface area contributed by atoms with E-state index < -0.39 is 11.2 Å². The van der Waals surface area contributed by atoms with E-state index in [1.54, 1.807) is 30.2 Å². The lowest BCUT2D eigenvalue weighted by atomic mass is 9.83. The summed E-state index contributed by atoms with van der Waals surface area (Å²) in [5.74, 6) is 1.21. The summed E-state index contributed by atoms with van der Waals surface area (Å²) in [4.78, 5) is 26.7. The predicted octanol–water partition coefficient (Wildman–Crippen LogP) is 3.43. The maximum Gasteiger partial charge on any atom is 0.410 e. The van der Waals surface area contributed by atoms with E-state index in [2.05, 4.69) is 0 Å². The van der Waals surface area contributed by atoms with Gasteiger partial charge in [0.1, 0.15) is 22.7 Å². The number of carbonyl (C=O) groups excluding carboxylic acids is 2. The number of likely N-dealkylation sites (tertiary alicyclic amines) is 1. The lowest BCUT2D eigenvalue weighted by molar-refractivity contribution is -0.0334. The van der Waals surface area contributed by atoms with Crippen molar-refractivity contribution in [2.75, 3.05) is 20.2 Å². The molecule has 136 valence electrons. The van der Waals surface area contributed by atoms with Crippen molar-refractivity contribution >= 4 is 11.9 Å². The summed E-state index contributed by atoms with van der Waals surface area (Å²) in [6, 6.07) is 5.23. The molecule has 0 saturated carbocycles. The predicted molar refractivity (Wildman–Crippen MR) is 92.3 cm³/mol. The molecule has 0 bridgehead atoms. The fourth-order valence-electron chi connectivity index (χ4n) is 3.41. The molecule has 0 aromatic heterocycles. The van der Waals surface area contributed by atoms with E-state index in [9.17, 15) is 9.59 Å². The van der Waals surface area contributed by atoms with Crippen LogP contribution in [-0.4, -0.2) is 48.2 Å². The molecule has 0 N–H and O–H groups in total. The average molecular weight is 347 g/mol. The van der Waals surface area contributed by atoms with Gasteiger partial charge in [-0.1, -0.05) is 0 Å². The largest absolute Gasteiger partial charge is 0.497 e. The molecule has 1 fully saturated rings. The molecule has 1 aromatic rings.